The summed E-state index contributed by atoms with van der Waals surface area (Å²) >= 11 is 5.73. The molecule has 1 saturated heterocycles. The molecule has 1 aliphatic carbocycles. The number of rotatable bonds is 1. The van der Waals surface area contributed by atoms with Crippen molar-refractivity contribution in [2.24, 2.45) is 11.3 Å². The fraction of sp³-hybridized carbons (Fsp3) is 1.00. The van der Waals surface area contributed by atoms with Gasteiger partial charge >= 0.3 is 0 Å². The van der Waals surface area contributed by atoms with E-state index < -0.39 is 9.84 Å². The molecule has 0 aromatic carbocycles. The molecule has 0 bridgehead atoms. The summed E-state index contributed by atoms with van der Waals surface area (Å²) in [5.41, 5.74) is 0.0839. The standard InChI is InChI=1S/C8H13ClO2S/c1-6-8(4-7(8)5-9)2-3-12(6,10)11/h6-7H,2-5H2,1H3. The normalized spacial score (nSPS) is 49.8. The molecule has 2 fully saturated rings. The predicted octanol–water partition coefficient (Wildman–Crippen LogP) is 1.44. The summed E-state index contributed by atoms with van der Waals surface area (Å²) in [5, 5.41) is -0.145. The second-order valence-corrected chi connectivity index (χ2v) is 6.80. The Morgan fingerprint density at radius 1 is 1.58 bits per heavy atom. The van der Waals surface area contributed by atoms with E-state index in [1.165, 1.54) is 0 Å². The molecule has 70 valence electrons. The molecule has 0 amide bonds. The van der Waals surface area contributed by atoms with Crippen molar-refractivity contribution in [1.82, 2.24) is 0 Å². The number of sulfone groups is 1. The molecule has 0 aromatic rings. The van der Waals surface area contributed by atoms with Crippen molar-refractivity contribution in [3.63, 3.8) is 0 Å². The first-order valence-corrected chi connectivity index (χ1v) is 6.55. The Kier molecular flexibility index (Phi) is 1.75. The van der Waals surface area contributed by atoms with Gasteiger partial charge in [-0.05, 0) is 31.1 Å². The van der Waals surface area contributed by atoms with Crippen LogP contribution in [0, 0.1) is 11.3 Å². The smallest absolute Gasteiger partial charge is 0.153 e. The Morgan fingerprint density at radius 3 is 2.58 bits per heavy atom. The Morgan fingerprint density at radius 2 is 2.25 bits per heavy atom. The average molecular weight is 209 g/mol. The van der Waals surface area contributed by atoms with Crippen LogP contribution in [0.15, 0.2) is 0 Å². The minimum Gasteiger partial charge on any atom is -0.229 e. The van der Waals surface area contributed by atoms with Crippen LogP contribution in [0.4, 0.5) is 0 Å². The van der Waals surface area contributed by atoms with Crippen molar-refractivity contribution in [3.8, 4) is 0 Å². The predicted molar refractivity (Wildman–Crippen MR) is 49.1 cm³/mol. The van der Waals surface area contributed by atoms with Crippen LogP contribution in [0.25, 0.3) is 0 Å². The highest BCUT2D eigenvalue weighted by Crippen LogP contribution is 2.63. The van der Waals surface area contributed by atoms with E-state index >= 15 is 0 Å². The van der Waals surface area contributed by atoms with Gasteiger partial charge in [0.15, 0.2) is 9.84 Å². The van der Waals surface area contributed by atoms with E-state index in [2.05, 4.69) is 0 Å². The first kappa shape index (κ1) is 8.82. The molecule has 4 heteroatoms. The Bertz CT molecular complexity index is 298. The summed E-state index contributed by atoms with van der Waals surface area (Å²) in [5.74, 6) is 1.47. The van der Waals surface area contributed by atoms with Crippen molar-refractivity contribution in [2.75, 3.05) is 11.6 Å². The molecule has 3 unspecified atom stereocenters. The van der Waals surface area contributed by atoms with Gasteiger partial charge in [0.05, 0.1) is 11.0 Å². The monoisotopic (exact) mass is 208 g/mol. The van der Waals surface area contributed by atoms with Crippen LogP contribution in [-0.2, 0) is 9.84 Å². The lowest BCUT2D eigenvalue weighted by Crippen LogP contribution is -2.21. The van der Waals surface area contributed by atoms with E-state index in [1.54, 1.807) is 0 Å². The molecular formula is C8H13ClO2S. The molecule has 2 rings (SSSR count). The highest BCUT2D eigenvalue weighted by Gasteiger charge is 2.63. The van der Waals surface area contributed by atoms with Crippen LogP contribution in [0.3, 0.4) is 0 Å². The zero-order chi connectivity index (χ0) is 8.98. The molecule has 1 spiro atoms. The van der Waals surface area contributed by atoms with Crippen molar-refractivity contribution in [3.05, 3.63) is 0 Å². The molecule has 12 heavy (non-hydrogen) atoms. The summed E-state index contributed by atoms with van der Waals surface area (Å²) in [7, 11) is -2.77. The van der Waals surface area contributed by atoms with Gasteiger partial charge in [0.1, 0.15) is 0 Å². The molecule has 1 aliphatic heterocycles. The van der Waals surface area contributed by atoms with Crippen LogP contribution < -0.4 is 0 Å². The third-order valence-electron chi connectivity index (χ3n) is 3.67. The van der Waals surface area contributed by atoms with E-state index in [0.717, 1.165) is 12.8 Å². The van der Waals surface area contributed by atoms with Gasteiger partial charge in [0.2, 0.25) is 0 Å². The van der Waals surface area contributed by atoms with Gasteiger partial charge in [-0.3, -0.25) is 0 Å². The van der Waals surface area contributed by atoms with Crippen LogP contribution in [0.2, 0.25) is 0 Å². The summed E-state index contributed by atoms with van der Waals surface area (Å²) in [6.45, 7) is 1.84. The first-order chi connectivity index (χ1) is 5.53. The van der Waals surface area contributed by atoms with Gasteiger partial charge in [-0.1, -0.05) is 0 Å². The first-order valence-electron chi connectivity index (χ1n) is 4.30. The topological polar surface area (TPSA) is 34.1 Å². The van der Waals surface area contributed by atoms with Gasteiger partial charge < -0.3 is 0 Å². The lowest BCUT2D eigenvalue weighted by atomic mass is 9.97. The fourth-order valence-electron chi connectivity index (χ4n) is 2.48. The zero-order valence-electron chi connectivity index (χ0n) is 7.09. The molecular weight excluding hydrogens is 196 g/mol. The second kappa shape index (κ2) is 2.38. The summed E-state index contributed by atoms with van der Waals surface area (Å²) in [4.78, 5) is 0. The third-order valence-corrected chi connectivity index (χ3v) is 6.36. The van der Waals surface area contributed by atoms with E-state index in [4.69, 9.17) is 11.6 Å². The molecule has 1 saturated carbocycles. The second-order valence-electron chi connectivity index (χ2n) is 4.05. The number of hydrogen-bond donors (Lipinski definition) is 0. The molecule has 0 aromatic heterocycles. The van der Waals surface area contributed by atoms with E-state index in [9.17, 15) is 8.42 Å². The van der Waals surface area contributed by atoms with Crippen LogP contribution in [0.1, 0.15) is 19.8 Å². The molecule has 0 N–H and O–H groups in total. The van der Waals surface area contributed by atoms with Gasteiger partial charge in [-0.25, -0.2) is 8.42 Å². The maximum atomic E-state index is 11.4. The Balaban J connectivity index is 2.25. The maximum absolute atomic E-state index is 11.4. The fourth-order valence-corrected chi connectivity index (χ4v) is 5.04. The Labute approximate surface area is 78.2 Å². The summed E-state index contributed by atoms with van der Waals surface area (Å²) in [6, 6.07) is 0. The van der Waals surface area contributed by atoms with Crippen LogP contribution >= 0.6 is 11.6 Å². The minimum atomic E-state index is -2.77. The van der Waals surface area contributed by atoms with E-state index in [-0.39, 0.29) is 10.7 Å². The summed E-state index contributed by atoms with van der Waals surface area (Å²) < 4.78 is 22.9. The molecule has 2 nitrogen and oxygen atoms in total. The van der Waals surface area contributed by atoms with Gasteiger partial charge in [-0.2, -0.15) is 0 Å². The highest BCUT2D eigenvalue weighted by molar-refractivity contribution is 7.92. The SMILES string of the molecule is CC1C2(CCS1(=O)=O)CC2CCl. The largest absolute Gasteiger partial charge is 0.229 e. The van der Waals surface area contributed by atoms with Crippen molar-refractivity contribution in [2.45, 2.75) is 25.0 Å². The van der Waals surface area contributed by atoms with Crippen LogP contribution in [0.5, 0.6) is 0 Å². The number of alkyl halides is 1. The quantitative estimate of drug-likeness (QED) is 0.612. The van der Waals surface area contributed by atoms with Crippen molar-refractivity contribution in [1.29, 1.82) is 0 Å². The average Bonchev–Trinajstić information content (AvgIpc) is 2.70. The highest BCUT2D eigenvalue weighted by atomic mass is 35.5. The van der Waals surface area contributed by atoms with E-state index in [0.29, 0.717) is 17.6 Å². The number of hydrogen-bond acceptors (Lipinski definition) is 2. The maximum Gasteiger partial charge on any atom is 0.153 e. The van der Waals surface area contributed by atoms with Crippen molar-refractivity contribution < 1.29 is 8.42 Å². The Hall–Kier alpha value is 0.240. The zero-order valence-corrected chi connectivity index (χ0v) is 8.66. The third kappa shape index (κ3) is 0.956. The lowest BCUT2D eigenvalue weighted by Gasteiger charge is -2.12. The van der Waals surface area contributed by atoms with Crippen LogP contribution in [-0.4, -0.2) is 25.3 Å². The molecule has 3 atom stereocenters. The van der Waals surface area contributed by atoms with Gasteiger partial charge in [0, 0.05) is 5.88 Å². The molecule has 1 heterocycles. The van der Waals surface area contributed by atoms with Gasteiger partial charge in [0.25, 0.3) is 0 Å². The number of halogens is 1. The van der Waals surface area contributed by atoms with E-state index in [1.807, 2.05) is 6.92 Å². The van der Waals surface area contributed by atoms with Crippen molar-refractivity contribution >= 4 is 21.4 Å². The van der Waals surface area contributed by atoms with Gasteiger partial charge in [-0.15, -0.1) is 11.6 Å². The molecule has 2 aliphatic rings. The lowest BCUT2D eigenvalue weighted by molar-refractivity contribution is 0.465. The molecule has 0 radical (unpaired) electrons. The summed E-state index contributed by atoms with van der Waals surface area (Å²) in [6.07, 6.45) is 1.87. The minimum absolute atomic E-state index is 0.0839.